The molecule has 0 saturated heterocycles. The second-order valence-corrected chi connectivity index (χ2v) is 7.83. The first-order valence-corrected chi connectivity index (χ1v) is 10.4. The predicted octanol–water partition coefficient (Wildman–Crippen LogP) is 5.03. The molecule has 2 aromatic carbocycles. The Morgan fingerprint density at radius 3 is 2.34 bits per heavy atom. The van der Waals surface area contributed by atoms with Crippen LogP contribution in [-0.4, -0.2) is 25.6 Å². The van der Waals surface area contributed by atoms with Gasteiger partial charge in [0.25, 0.3) is 0 Å². The maximum Gasteiger partial charge on any atom is 0.204 e. The quantitative estimate of drug-likeness (QED) is 0.420. The van der Waals surface area contributed by atoms with Gasteiger partial charge >= 0.3 is 0 Å². The first-order valence-electron chi connectivity index (χ1n) is 10.4. The lowest BCUT2D eigenvalue weighted by Crippen LogP contribution is -2.06. The van der Waals surface area contributed by atoms with Gasteiger partial charge in [-0.05, 0) is 53.3 Å². The molecule has 0 unspecified atom stereocenters. The van der Waals surface area contributed by atoms with Crippen molar-refractivity contribution in [2.24, 2.45) is 0 Å². The molecular formula is C24H23F2N5O. The van der Waals surface area contributed by atoms with Gasteiger partial charge in [-0.25, -0.2) is 8.78 Å². The highest BCUT2D eigenvalue weighted by atomic mass is 19.1. The molecule has 0 saturated carbocycles. The third kappa shape index (κ3) is 5.14. The van der Waals surface area contributed by atoms with E-state index < -0.39 is 11.6 Å². The van der Waals surface area contributed by atoms with Crippen molar-refractivity contribution in [2.45, 2.75) is 39.2 Å². The van der Waals surface area contributed by atoms with Crippen LogP contribution in [0.2, 0.25) is 0 Å². The molecule has 4 rings (SSSR count). The molecule has 4 aromatic rings. The van der Waals surface area contributed by atoms with Gasteiger partial charge in [-0.2, -0.15) is 5.21 Å². The van der Waals surface area contributed by atoms with E-state index in [-0.39, 0.29) is 12.5 Å². The van der Waals surface area contributed by atoms with Crippen LogP contribution in [0.25, 0.3) is 11.4 Å². The number of tetrazole rings is 1. The summed E-state index contributed by atoms with van der Waals surface area (Å²) in [6.07, 6.45) is 3.19. The Morgan fingerprint density at radius 2 is 1.69 bits per heavy atom. The number of halogens is 2. The van der Waals surface area contributed by atoms with E-state index in [2.05, 4.69) is 39.5 Å². The molecule has 0 fully saturated rings. The monoisotopic (exact) mass is 435 g/mol. The number of hydrogen-bond donors (Lipinski definition) is 1. The van der Waals surface area contributed by atoms with E-state index in [9.17, 15) is 8.78 Å². The molecule has 2 heterocycles. The highest BCUT2D eigenvalue weighted by molar-refractivity contribution is 5.54. The predicted molar refractivity (Wildman–Crippen MR) is 116 cm³/mol. The summed E-state index contributed by atoms with van der Waals surface area (Å²) in [5.41, 5.74) is 4.28. The summed E-state index contributed by atoms with van der Waals surface area (Å²) in [7, 11) is 0. The SMILES string of the molecule is CC(C)c1ccnc(CCc2ccc(-c3nn[nH]n3)cc2)c1OCc1cc(F)cc(F)c1. The molecule has 0 aliphatic carbocycles. The Kier molecular flexibility index (Phi) is 6.49. The lowest BCUT2D eigenvalue weighted by Gasteiger charge is -2.17. The number of nitrogens with zero attached hydrogens (tertiary/aromatic N) is 4. The number of ether oxygens (including phenoxy) is 1. The Labute approximate surface area is 184 Å². The van der Waals surface area contributed by atoms with Crippen LogP contribution < -0.4 is 4.74 Å². The zero-order valence-corrected chi connectivity index (χ0v) is 17.8. The molecule has 2 aromatic heterocycles. The molecule has 0 atom stereocenters. The lowest BCUT2D eigenvalue weighted by molar-refractivity contribution is 0.295. The van der Waals surface area contributed by atoms with Crippen molar-refractivity contribution in [3.05, 3.63) is 88.7 Å². The van der Waals surface area contributed by atoms with Gasteiger partial charge < -0.3 is 4.74 Å². The Morgan fingerprint density at radius 1 is 0.938 bits per heavy atom. The highest BCUT2D eigenvalue weighted by Crippen LogP contribution is 2.30. The average molecular weight is 435 g/mol. The van der Waals surface area contributed by atoms with Crippen molar-refractivity contribution in [3.8, 4) is 17.1 Å². The van der Waals surface area contributed by atoms with Crippen LogP contribution in [0.5, 0.6) is 5.75 Å². The third-order valence-electron chi connectivity index (χ3n) is 5.14. The van der Waals surface area contributed by atoms with E-state index in [4.69, 9.17) is 4.74 Å². The summed E-state index contributed by atoms with van der Waals surface area (Å²) in [4.78, 5) is 4.54. The zero-order valence-electron chi connectivity index (χ0n) is 17.8. The fourth-order valence-electron chi connectivity index (χ4n) is 3.52. The first-order chi connectivity index (χ1) is 15.5. The van der Waals surface area contributed by atoms with Crippen molar-refractivity contribution < 1.29 is 13.5 Å². The molecule has 0 aliphatic rings. The van der Waals surface area contributed by atoms with E-state index in [1.165, 1.54) is 12.1 Å². The van der Waals surface area contributed by atoms with Crippen molar-refractivity contribution in [2.75, 3.05) is 0 Å². The second-order valence-electron chi connectivity index (χ2n) is 7.83. The van der Waals surface area contributed by atoms with Crippen molar-refractivity contribution >= 4 is 0 Å². The summed E-state index contributed by atoms with van der Waals surface area (Å²) in [6.45, 7) is 4.21. The Balaban J connectivity index is 1.51. The average Bonchev–Trinajstić information content (AvgIpc) is 3.31. The van der Waals surface area contributed by atoms with Crippen molar-refractivity contribution in [1.82, 2.24) is 25.6 Å². The van der Waals surface area contributed by atoms with Crippen LogP contribution >= 0.6 is 0 Å². The minimum Gasteiger partial charge on any atom is -0.487 e. The van der Waals surface area contributed by atoms with E-state index in [0.29, 0.717) is 23.6 Å². The van der Waals surface area contributed by atoms with Crippen LogP contribution in [0.15, 0.2) is 54.7 Å². The normalized spacial score (nSPS) is 11.2. The van der Waals surface area contributed by atoms with Crippen LogP contribution in [0.4, 0.5) is 8.78 Å². The maximum atomic E-state index is 13.5. The molecule has 8 heteroatoms. The summed E-state index contributed by atoms with van der Waals surface area (Å²) < 4.78 is 33.2. The number of nitrogens with one attached hydrogen (secondary N) is 1. The standard InChI is InChI=1S/C24H23F2N5O/c1-15(2)21-9-10-27-22(23(21)32-14-17-11-19(25)13-20(26)12-17)8-5-16-3-6-18(7-4-16)24-28-30-31-29-24/h3-4,6-7,9-13,15H,5,8,14H2,1-2H3,(H,28,29,30,31). The summed E-state index contributed by atoms with van der Waals surface area (Å²) in [5, 5.41) is 14.0. The summed E-state index contributed by atoms with van der Waals surface area (Å²) in [6, 6.07) is 13.3. The number of benzene rings is 2. The largest absolute Gasteiger partial charge is 0.487 e. The van der Waals surface area contributed by atoms with Gasteiger partial charge in [0.2, 0.25) is 5.82 Å². The maximum absolute atomic E-state index is 13.5. The smallest absolute Gasteiger partial charge is 0.204 e. The minimum absolute atomic E-state index is 0.0620. The summed E-state index contributed by atoms with van der Waals surface area (Å²) >= 11 is 0. The lowest BCUT2D eigenvalue weighted by atomic mass is 9.99. The Bertz CT molecular complexity index is 1160. The van der Waals surface area contributed by atoms with Crippen LogP contribution in [-0.2, 0) is 19.4 Å². The van der Waals surface area contributed by atoms with E-state index in [1.54, 1.807) is 6.20 Å². The molecule has 1 N–H and O–H groups in total. The Hall–Kier alpha value is -3.68. The zero-order chi connectivity index (χ0) is 22.5. The number of H-pyrrole nitrogens is 1. The van der Waals surface area contributed by atoms with Crippen molar-refractivity contribution in [1.29, 1.82) is 0 Å². The highest BCUT2D eigenvalue weighted by Gasteiger charge is 2.15. The third-order valence-corrected chi connectivity index (χ3v) is 5.14. The molecule has 0 radical (unpaired) electrons. The second kappa shape index (κ2) is 9.64. The van der Waals surface area contributed by atoms with E-state index >= 15 is 0 Å². The fraction of sp³-hybridized carbons (Fsp3) is 0.250. The van der Waals surface area contributed by atoms with Crippen LogP contribution in [0, 0.1) is 11.6 Å². The number of rotatable bonds is 8. The van der Waals surface area contributed by atoms with Gasteiger partial charge in [0, 0.05) is 23.4 Å². The van der Waals surface area contributed by atoms with Gasteiger partial charge in [-0.3, -0.25) is 4.98 Å². The molecule has 0 aliphatic heterocycles. The van der Waals surface area contributed by atoms with Crippen molar-refractivity contribution in [3.63, 3.8) is 0 Å². The van der Waals surface area contributed by atoms with Gasteiger partial charge in [0.05, 0.1) is 5.69 Å². The molecule has 164 valence electrons. The molecule has 0 bridgehead atoms. The van der Waals surface area contributed by atoms with Gasteiger partial charge in [0.1, 0.15) is 24.0 Å². The van der Waals surface area contributed by atoms with E-state index in [0.717, 1.165) is 34.9 Å². The molecule has 0 amide bonds. The first kappa shape index (κ1) is 21.5. The molecule has 32 heavy (non-hydrogen) atoms. The van der Waals surface area contributed by atoms with Crippen LogP contribution in [0.1, 0.15) is 42.1 Å². The molecule has 6 nitrogen and oxygen atoms in total. The fourth-order valence-corrected chi connectivity index (χ4v) is 3.52. The number of aryl methyl sites for hydroxylation is 2. The number of pyridine rings is 1. The van der Waals surface area contributed by atoms with E-state index in [1.807, 2.05) is 30.3 Å². The molecule has 0 spiro atoms. The topological polar surface area (TPSA) is 76.6 Å². The van der Waals surface area contributed by atoms with Gasteiger partial charge in [-0.15, -0.1) is 10.2 Å². The van der Waals surface area contributed by atoms with Gasteiger partial charge in [0.15, 0.2) is 0 Å². The number of hydrogen-bond acceptors (Lipinski definition) is 5. The molecular weight excluding hydrogens is 412 g/mol. The number of aromatic amines is 1. The minimum atomic E-state index is -0.622. The van der Waals surface area contributed by atoms with Gasteiger partial charge in [-0.1, -0.05) is 38.1 Å². The number of aromatic nitrogens is 5. The summed E-state index contributed by atoms with van der Waals surface area (Å²) in [5.74, 6) is 0.194. The van der Waals surface area contributed by atoms with Crippen LogP contribution in [0.3, 0.4) is 0 Å².